The number of nitro groups is 1. The first kappa shape index (κ1) is 16.1. The quantitative estimate of drug-likeness (QED) is 0.307. The largest absolute Gasteiger partial charge is 0.462 e. The van der Waals surface area contributed by atoms with Crippen LogP contribution < -0.4 is 0 Å². The first-order valence-electron chi connectivity index (χ1n) is 8.30. The lowest BCUT2D eigenvalue weighted by Gasteiger charge is -2.03. The summed E-state index contributed by atoms with van der Waals surface area (Å²) in [6, 6.07) is 14.2. The standard InChI is InChI=1S/C20H16N2O4/c1-3-26-20(23)17-10-15-7-4-12(2)18-11-16(19(17)21(15)18)13-5-8-14(9-6-13)22(24)25/h4-11H,3H2,1-2H3. The molecule has 0 saturated carbocycles. The number of nitro benzene ring substituents is 1. The molecule has 3 aromatic heterocycles. The third kappa shape index (κ3) is 2.30. The third-order valence-corrected chi connectivity index (χ3v) is 4.60. The van der Waals surface area contributed by atoms with Crippen molar-refractivity contribution in [3.8, 4) is 11.1 Å². The number of rotatable bonds is 4. The van der Waals surface area contributed by atoms with Gasteiger partial charge in [-0.3, -0.25) is 10.1 Å². The van der Waals surface area contributed by atoms with Crippen LogP contribution in [0.2, 0.25) is 0 Å². The van der Waals surface area contributed by atoms with Crippen LogP contribution in [0.5, 0.6) is 0 Å². The van der Waals surface area contributed by atoms with E-state index in [1.165, 1.54) is 12.1 Å². The first-order chi connectivity index (χ1) is 12.5. The molecule has 0 saturated heterocycles. The summed E-state index contributed by atoms with van der Waals surface area (Å²) in [6.45, 7) is 4.08. The van der Waals surface area contributed by atoms with Crippen molar-refractivity contribution in [3.63, 3.8) is 0 Å². The van der Waals surface area contributed by atoms with E-state index in [1.807, 2.05) is 35.6 Å². The van der Waals surface area contributed by atoms with Gasteiger partial charge in [0.05, 0.1) is 22.6 Å². The fourth-order valence-electron chi connectivity index (χ4n) is 3.38. The Morgan fingerprint density at radius 1 is 1.15 bits per heavy atom. The molecule has 0 spiro atoms. The van der Waals surface area contributed by atoms with Gasteiger partial charge in [-0.15, -0.1) is 0 Å². The molecule has 4 aromatic rings. The van der Waals surface area contributed by atoms with Crippen molar-refractivity contribution < 1.29 is 14.5 Å². The normalized spacial score (nSPS) is 11.3. The summed E-state index contributed by atoms with van der Waals surface area (Å²) in [4.78, 5) is 23.0. The van der Waals surface area contributed by atoms with E-state index in [0.717, 1.165) is 33.2 Å². The van der Waals surface area contributed by atoms with Crippen molar-refractivity contribution >= 4 is 28.2 Å². The molecule has 1 aromatic carbocycles. The van der Waals surface area contributed by atoms with Crippen LogP contribution in [-0.4, -0.2) is 21.9 Å². The number of carbonyl (C=O) groups excluding carboxylic acids is 1. The molecule has 0 N–H and O–H groups in total. The molecule has 0 amide bonds. The molecule has 0 atom stereocenters. The fourth-order valence-corrected chi connectivity index (χ4v) is 3.38. The maximum Gasteiger partial charge on any atom is 0.340 e. The molecule has 6 nitrogen and oxygen atoms in total. The highest BCUT2D eigenvalue weighted by atomic mass is 16.6. The zero-order valence-electron chi connectivity index (χ0n) is 14.4. The molecule has 6 heteroatoms. The lowest BCUT2D eigenvalue weighted by Crippen LogP contribution is -2.03. The molecule has 0 unspecified atom stereocenters. The average Bonchev–Trinajstić information content (AvgIpc) is 3.20. The van der Waals surface area contributed by atoms with E-state index in [0.29, 0.717) is 12.2 Å². The predicted molar refractivity (Wildman–Crippen MR) is 98.9 cm³/mol. The van der Waals surface area contributed by atoms with Gasteiger partial charge in [0.25, 0.3) is 5.69 Å². The monoisotopic (exact) mass is 348 g/mol. The van der Waals surface area contributed by atoms with Crippen LogP contribution in [0.4, 0.5) is 5.69 Å². The molecule has 4 rings (SSSR count). The highest BCUT2D eigenvalue weighted by molar-refractivity contribution is 6.07. The smallest absolute Gasteiger partial charge is 0.340 e. The minimum atomic E-state index is -0.425. The number of ether oxygens (including phenoxy) is 1. The Bertz CT molecular complexity index is 1140. The van der Waals surface area contributed by atoms with Crippen LogP contribution >= 0.6 is 0 Å². The van der Waals surface area contributed by atoms with Gasteiger partial charge in [-0.2, -0.15) is 0 Å². The number of pyridine rings is 1. The summed E-state index contributed by atoms with van der Waals surface area (Å²) in [5, 5.41) is 10.9. The van der Waals surface area contributed by atoms with E-state index in [4.69, 9.17) is 4.74 Å². The van der Waals surface area contributed by atoms with Gasteiger partial charge in [0.1, 0.15) is 0 Å². The molecule has 0 fully saturated rings. The van der Waals surface area contributed by atoms with Gasteiger partial charge >= 0.3 is 5.97 Å². The highest BCUT2D eigenvalue weighted by Gasteiger charge is 2.22. The summed E-state index contributed by atoms with van der Waals surface area (Å²) in [5.74, 6) is -0.371. The van der Waals surface area contributed by atoms with Crippen LogP contribution in [-0.2, 0) is 4.74 Å². The lowest BCUT2D eigenvalue weighted by atomic mass is 10.0. The number of non-ortho nitro benzene ring substituents is 1. The number of esters is 1. The summed E-state index contributed by atoms with van der Waals surface area (Å²) in [7, 11) is 0. The Morgan fingerprint density at radius 3 is 2.54 bits per heavy atom. The number of aromatic nitrogens is 1. The van der Waals surface area contributed by atoms with Crippen LogP contribution in [0.15, 0.2) is 48.5 Å². The van der Waals surface area contributed by atoms with Crippen molar-refractivity contribution in [1.29, 1.82) is 0 Å². The van der Waals surface area contributed by atoms with Crippen molar-refractivity contribution in [3.05, 3.63) is 69.8 Å². The molecule has 0 aliphatic heterocycles. The van der Waals surface area contributed by atoms with E-state index in [2.05, 4.69) is 0 Å². The zero-order chi connectivity index (χ0) is 18.4. The second-order valence-corrected chi connectivity index (χ2v) is 6.15. The van der Waals surface area contributed by atoms with Crippen LogP contribution in [0.3, 0.4) is 0 Å². The predicted octanol–water partition coefficient (Wildman–Crippen LogP) is 4.59. The minimum Gasteiger partial charge on any atom is -0.462 e. The fraction of sp³-hybridized carbons (Fsp3) is 0.150. The van der Waals surface area contributed by atoms with Crippen molar-refractivity contribution in [1.82, 2.24) is 4.40 Å². The van der Waals surface area contributed by atoms with Crippen molar-refractivity contribution in [2.75, 3.05) is 6.61 Å². The number of nitrogens with zero attached hydrogens (tertiary/aromatic N) is 2. The zero-order valence-corrected chi connectivity index (χ0v) is 14.4. The highest BCUT2D eigenvalue weighted by Crippen LogP contribution is 2.36. The van der Waals surface area contributed by atoms with Gasteiger partial charge in [0.2, 0.25) is 0 Å². The van der Waals surface area contributed by atoms with Crippen molar-refractivity contribution in [2.45, 2.75) is 13.8 Å². The molecule has 0 radical (unpaired) electrons. The van der Waals surface area contributed by atoms with Crippen LogP contribution in [0.25, 0.3) is 27.7 Å². The van der Waals surface area contributed by atoms with Crippen LogP contribution in [0.1, 0.15) is 22.8 Å². The molecule has 0 aliphatic carbocycles. The minimum absolute atomic E-state index is 0.0342. The molecule has 0 bridgehead atoms. The Morgan fingerprint density at radius 2 is 1.88 bits per heavy atom. The summed E-state index contributed by atoms with van der Waals surface area (Å²) >= 11 is 0. The SMILES string of the molecule is CCOC(=O)c1cc2ccc(C)c3cc(-c4ccc([N+](=O)[O-])cc4)c1n23. The number of aryl methyl sites for hydroxylation is 1. The maximum absolute atomic E-state index is 12.5. The Hall–Kier alpha value is -3.41. The second kappa shape index (κ2) is 5.84. The molecule has 0 aliphatic rings. The van der Waals surface area contributed by atoms with Gasteiger partial charge in [-0.25, -0.2) is 4.79 Å². The first-order valence-corrected chi connectivity index (χ1v) is 8.30. The number of carbonyl (C=O) groups is 1. The Labute approximate surface area is 149 Å². The molecule has 26 heavy (non-hydrogen) atoms. The average molecular weight is 348 g/mol. The van der Waals surface area contributed by atoms with Gasteiger partial charge in [-0.05, 0) is 55.3 Å². The summed E-state index contributed by atoms with van der Waals surface area (Å²) in [5.41, 5.74) is 5.97. The summed E-state index contributed by atoms with van der Waals surface area (Å²) in [6.07, 6.45) is 0. The number of hydrogen-bond acceptors (Lipinski definition) is 4. The Balaban J connectivity index is 2.01. The molecule has 130 valence electrons. The number of benzene rings is 1. The molecule has 3 heterocycles. The molecular weight excluding hydrogens is 332 g/mol. The molecular formula is C20H16N2O4. The van der Waals surface area contributed by atoms with E-state index in [9.17, 15) is 14.9 Å². The van der Waals surface area contributed by atoms with E-state index < -0.39 is 4.92 Å². The van der Waals surface area contributed by atoms with E-state index >= 15 is 0 Å². The topological polar surface area (TPSA) is 73.8 Å². The van der Waals surface area contributed by atoms with Crippen LogP contribution in [0, 0.1) is 17.0 Å². The van der Waals surface area contributed by atoms with Crippen molar-refractivity contribution in [2.24, 2.45) is 0 Å². The van der Waals surface area contributed by atoms with E-state index in [1.54, 1.807) is 19.1 Å². The summed E-state index contributed by atoms with van der Waals surface area (Å²) < 4.78 is 7.26. The third-order valence-electron chi connectivity index (χ3n) is 4.60. The van der Waals surface area contributed by atoms with E-state index in [-0.39, 0.29) is 11.7 Å². The Kier molecular flexibility index (Phi) is 3.61. The number of hydrogen-bond donors (Lipinski definition) is 0. The van der Waals surface area contributed by atoms with Gasteiger partial charge < -0.3 is 9.14 Å². The lowest BCUT2D eigenvalue weighted by molar-refractivity contribution is -0.384. The van der Waals surface area contributed by atoms with Gasteiger partial charge in [0, 0.05) is 28.7 Å². The van der Waals surface area contributed by atoms with Gasteiger partial charge in [-0.1, -0.05) is 6.07 Å². The van der Waals surface area contributed by atoms with Gasteiger partial charge in [0.15, 0.2) is 0 Å². The second-order valence-electron chi connectivity index (χ2n) is 6.15. The maximum atomic E-state index is 12.5.